The standard InChI is InChI=1S/C14H12BrN3S/c1-9-4-5-16-7-10(9)8-18-13-6-11(15)2-3-12(13)17-14(18)19/h2-7H,8H2,1H3,(H,17,19). The Balaban J connectivity index is 2.15. The Morgan fingerprint density at radius 2 is 2.21 bits per heavy atom. The van der Waals surface area contributed by atoms with Crippen molar-refractivity contribution < 1.29 is 0 Å². The van der Waals surface area contributed by atoms with Crippen LogP contribution in [0.25, 0.3) is 11.0 Å². The molecule has 0 atom stereocenters. The normalized spacial score (nSPS) is 11.1. The fourth-order valence-electron chi connectivity index (χ4n) is 2.12. The molecule has 1 N–H and O–H groups in total. The Bertz CT molecular complexity index is 804. The number of H-pyrrole nitrogens is 1. The summed E-state index contributed by atoms with van der Waals surface area (Å²) in [7, 11) is 0. The molecule has 19 heavy (non-hydrogen) atoms. The molecule has 5 heteroatoms. The lowest BCUT2D eigenvalue weighted by molar-refractivity contribution is 0.800. The molecule has 0 amide bonds. The average molecular weight is 334 g/mol. The molecule has 3 nitrogen and oxygen atoms in total. The molecule has 1 aromatic carbocycles. The van der Waals surface area contributed by atoms with Crippen molar-refractivity contribution in [3.63, 3.8) is 0 Å². The highest BCUT2D eigenvalue weighted by atomic mass is 79.9. The number of nitrogens with zero attached hydrogens (tertiary/aromatic N) is 2. The summed E-state index contributed by atoms with van der Waals surface area (Å²) in [4.78, 5) is 7.42. The summed E-state index contributed by atoms with van der Waals surface area (Å²) >= 11 is 8.91. The van der Waals surface area contributed by atoms with E-state index in [1.807, 2.05) is 30.6 Å². The number of fused-ring (bicyclic) bond motifs is 1. The van der Waals surface area contributed by atoms with Crippen LogP contribution in [0.15, 0.2) is 41.1 Å². The highest BCUT2D eigenvalue weighted by Gasteiger charge is 2.07. The van der Waals surface area contributed by atoms with Gasteiger partial charge in [0.25, 0.3) is 0 Å². The molecule has 0 bridgehead atoms. The molecular formula is C14H12BrN3S. The molecule has 0 aliphatic carbocycles. The van der Waals surface area contributed by atoms with Crippen LogP contribution in [0.2, 0.25) is 0 Å². The van der Waals surface area contributed by atoms with Gasteiger partial charge in [-0.15, -0.1) is 0 Å². The predicted molar refractivity (Wildman–Crippen MR) is 82.9 cm³/mol. The fraction of sp³-hybridized carbons (Fsp3) is 0.143. The van der Waals surface area contributed by atoms with E-state index in [4.69, 9.17) is 12.2 Å². The van der Waals surface area contributed by atoms with Crippen LogP contribution in [-0.4, -0.2) is 14.5 Å². The van der Waals surface area contributed by atoms with Gasteiger partial charge in [-0.05, 0) is 54.5 Å². The zero-order valence-corrected chi connectivity index (χ0v) is 12.8. The molecule has 0 fully saturated rings. The minimum absolute atomic E-state index is 0.731. The van der Waals surface area contributed by atoms with Crippen LogP contribution >= 0.6 is 28.1 Å². The van der Waals surface area contributed by atoms with E-state index in [1.54, 1.807) is 0 Å². The number of nitrogens with one attached hydrogen (secondary N) is 1. The monoisotopic (exact) mass is 333 g/mol. The molecule has 3 rings (SSSR count). The number of benzene rings is 1. The molecule has 0 unspecified atom stereocenters. The molecule has 0 radical (unpaired) electrons. The first kappa shape index (κ1) is 12.6. The minimum atomic E-state index is 0.731. The zero-order valence-electron chi connectivity index (χ0n) is 10.4. The SMILES string of the molecule is Cc1ccncc1Cn1c(=S)[nH]c2ccc(Br)cc21. The molecular weight excluding hydrogens is 322 g/mol. The van der Waals surface area contributed by atoms with E-state index >= 15 is 0 Å². The van der Waals surface area contributed by atoms with Crippen molar-refractivity contribution in [2.75, 3.05) is 0 Å². The number of halogens is 1. The van der Waals surface area contributed by atoms with E-state index in [0.717, 1.165) is 26.8 Å². The summed E-state index contributed by atoms with van der Waals surface area (Å²) in [5.74, 6) is 0. The van der Waals surface area contributed by atoms with Crippen LogP contribution in [0, 0.1) is 11.7 Å². The van der Waals surface area contributed by atoms with Gasteiger partial charge in [-0.25, -0.2) is 0 Å². The van der Waals surface area contributed by atoms with Crippen molar-refractivity contribution in [1.29, 1.82) is 0 Å². The Hall–Kier alpha value is -1.46. The summed E-state index contributed by atoms with van der Waals surface area (Å²) in [5.41, 5.74) is 4.55. The van der Waals surface area contributed by atoms with E-state index < -0.39 is 0 Å². The third-order valence-electron chi connectivity index (χ3n) is 3.21. The van der Waals surface area contributed by atoms with Crippen LogP contribution in [-0.2, 0) is 6.54 Å². The molecule has 2 heterocycles. The van der Waals surface area contributed by atoms with Crippen LogP contribution in [0.1, 0.15) is 11.1 Å². The van der Waals surface area contributed by atoms with E-state index in [2.05, 4.69) is 43.5 Å². The summed E-state index contributed by atoms with van der Waals surface area (Å²) in [6.07, 6.45) is 3.71. The smallest absolute Gasteiger partial charge is 0.178 e. The van der Waals surface area contributed by atoms with Gasteiger partial charge in [0.05, 0.1) is 17.6 Å². The largest absolute Gasteiger partial charge is 0.331 e. The topological polar surface area (TPSA) is 33.6 Å². The third kappa shape index (κ3) is 2.35. The second kappa shape index (κ2) is 4.90. The lowest BCUT2D eigenvalue weighted by Gasteiger charge is -2.07. The van der Waals surface area contributed by atoms with E-state index in [1.165, 1.54) is 11.1 Å². The van der Waals surface area contributed by atoms with Gasteiger partial charge in [0.15, 0.2) is 4.77 Å². The Morgan fingerprint density at radius 1 is 1.37 bits per heavy atom. The highest BCUT2D eigenvalue weighted by Crippen LogP contribution is 2.21. The first-order valence-electron chi connectivity index (χ1n) is 5.93. The van der Waals surface area contributed by atoms with Crippen LogP contribution in [0.3, 0.4) is 0 Å². The van der Waals surface area contributed by atoms with Gasteiger partial charge in [-0.1, -0.05) is 15.9 Å². The second-order valence-electron chi connectivity index (χ2n) is 4.48. The van der Waals surface area contributed by atoms with Gasteiger partial charge in [-0.2, -0.15) is 0 Å². The van der Waals surface area contributed by atoms with Gasteiger partial charge in [0.1, 0.15) is 0 Å². The molecule has 0 aliphatic rings. The van der Waals surface area contributed by atoms with Crippen LogP contribution in [0.4, 0.5) is 0 Å². The highest BCUT2D eigenvalue weighted by molar-refractivity contribution is 9.10. The molecule has 96 valence electrons. The maximum Gasteiger partial charge on any atom is 0.178 e. The van der Waals surface area contributed by atoms with Crippen molar-refractivity contribution in [3.8, 4) is 0 Å². The first-order chi connectivity index (χ1) is 9.15. The number of aromatic nitrogens is 3. The van der Waals surface area contributed by atoms with Crippen LogP contribution in [0.5, 0.6) is 0 Å². The summed E-state index contributed by atoms with van der Waals surface area (Å²) < 4.78 is 3.88. The maximum absolute atomic E-state index is 5.41. The predicted octanol–water partition coefficient (Wildman–Crippen LogP) is 4.21. The van der Waals surface area contributed by atoms with Crippen molar-refractivity contribution in [3.05, 3.63) is 57.0 Å². The third-order valence-corrected chi connectivity index (χ3v) is 4.03. The average Bonchev–Trinajstić information content (AvgIpc) is 2.69. The molecule has 0 spiro atoms. The van der Waals surface area contributed by atoms with Crippen LogP contribution < -0.4 is 0 Å². The molecule has 0 saturated heterocycles. The van der Waals surface area contributed by atoms with Gasteiger partial charge >= 0.3 is 0 Å². The minimum Gasteiger partial charge on any atom is -0.331 e. The zero-order chi connectivity index (χ0) is 13.4. The first-order valence-corrected chi connectivity index (χ1v) is 7.13. The van der Waals surface area contributed by atoms with E-state index in [9.17, 15) is 0 Å². The Morgan fingerprint density at radius 3 is 3.00 bits per heavy atom. The van der Waals surface area contributed by atoms with Crippen molar-refractivity contribution >= 4 is 39.2 Å². The number of hydrogen-bond donors (Lipinski definition) is 1. The molecule has 3 aromatic rings. The molecule has 2 aromatic heterocycles. The fourth-order valence-corrected chi connectivity index (χ4v) is 2.74. The Labute approximate surface area is 124 Å². The number of aromatic amines is 1. The summed E-state index contributed by atoms with van der Waals surface area (Å²) in [6.45, 7) is 2.82. The molecule has 0 aliphatic heterocycles. The summed E-state index contributed by atoms with van der Waals surface area (Å²) in [5, 5.41) is 0. The van der Waals surface area contributed by atoms with Gasteiger partial charge in [-0.3, -0.25) is 4.98 Å². The van der Waals surface area contributed by atoms with Gasteiger partial charge in [0, 0.05) is 16.9 Å². The summed E-state index contributed by atoms with van der Waals surface area (Å²) in [6, 6.07) is 8.13. The van der Waals surface area contributed by atoms with Crippen molar-refractivity contribution in [2.45, 2.75) is 13.5 Å². The van der Waals surface area contributed by atoms with Crippen molar-refractivity contribution in [1.82, 2.24) is 14.5 Å². The van der Waals surface area contributed by atoms with E-state index in [-0.39, 0.29) is 0 Å². The van der Waals surface area contributed by atoms with Crippen molar-refractivity contribution in [2.24, 2.45) is 0 Å². The lowest BCUT2D eigenvalue weighted by atomic mass is 10.1. The number of rotatable bonds is 2. The number of pyridine rings is 1. The second-order valence-corrected chi connectivity index (χ2v) is 5.78. The lowest BCUT2D eigenvalue weighted by Crippen LogP contribution is -2.02. The Kier molecular flexibility index (Phi) is 3.24. The molecule has 0 saturated carbocycles. The van der Waals surface area contributed by atoms with Gasteiger partial charge < -0.3 is 9.55 Å². The number of imidazole rings is 1. The van der Waals surface area contributed by atoms with E-state index in [0.29, 0.717) is 0 Å². The van der Waals surface area contributed by atoms with Gasteiger partial charge in [0.2, 0.25) is 0 Å². The quantitative estimate of drug-likeness (QED) is 0.712. The number of hydrogen-bond acceptors (Lipinski definition) is 2. The number of aryl methyl sites for hydroxylation is 1. The maximum atomic E-state index is 5.41.